The second-order valence-corrected chi connectivity index (χ2v) is 4.08. The summed E-state index contributed by atoms with van der Waals surface area (Å²) in [5, 5.41) is 5.65. The molecule has 0 unspecified atom stereocenters. The van der Waals surface area contributed by atoms with Crippen molar-refractivity contribution < 1.29 is 9.53 Å². The van der Waals surface area contributed by atoms with E-state index in [1.165, 1.54) is 12.4 Å². The topological polar surface area (TPSA) is 76.1 Å². The standard InChI is InChI=1S/C14H16N4O2/c1-15-13-8-16-12(7-17-13)14(19)18-11-6-4-3-5-10(11)9-20-2/h3-8H,9H2,1-2H3,(H,15,17)(H,18,19). The van der Waals surface area contributed by atoms with Crippen molar-refractivity contribution in [1.29, 1.82) is 0 Å². The second kappa shape index (κ2) is 6.63. The average molecular weight is 272 g/mol. The second-order valence-electron chi connectivity index (χ2n) is 4.08. The lowest BCUT2D eigenvalue weighted by Crippen LogP contribution is -2.15. The van der Waals surface area contributed by atoms with Gasteiger partial charge in [0, 0.05) is 25.4 Å². The van der Waals surface area contributed by atoms with Crippen LogP contribution >= 0.6 is 0 Å². The molecule has 0 aliphatic carbocycles. The van der Waals surface area contributed by atoms with Gasteiger partial charge >= 0.3 is 0 Å². The maximum atomic E-state index is 12.1. The van der Waals surface area contributed by atoms with Gasteiger partial charge < -0.3 is 15.4 Å². The van der Waals surface area contributed by atoms with E-state index in [2.05, 4.69) is 20.6 Å². The molecule has 0 fully saturated rings. The van der Waals surface area contributed by atoms with Crippen molar-refractivity contribution in [3.05, 3.63) is 47.9 Å². The molecule has 6 heteroatoms. The molecule has 0 bridgehead atoms. The maximum Gasteiger partial charge on any atom is 0.275 e. The molecule has 20 heavy (non-hydrogen) atoms. The number of aromatic nitrogens is 2. The van der Waals surface area contributed by atoms with E-state index < -0.39 is 0 Å². The summed E-state index contributed by atoms with van der Waals surface area (Å²) >= 11 is 0. The van der Waals surface area contributed by atoms with Crippen LogP contribution < -0.4 is 10.6 Å². The number of anilines is 2. The number of rotatable bonds is 5. The van der Waals surface area contributed by atoms with Gasteiger partial charge in [0.1, 0.15) is 11.5 Å². The fraction of sp³-hybridized carbons (Fsp3) is 0.214. The summed E-state index contributed by atoms with van der Waals surface area (Å²) in [5.74, 6) is 0.310. The van der Waals surface area contributed by atoms with Gasteiger partial charge in [-0.05, 0) is 6.07 Å². The highest BCUT2D eigenvalue weighted by molar-refractivity contribution is 6.03. The van der Waals surface area contributed by atoms with Crippen LogP contribution in [0.2, 0.25) is 0 Å². The normalized spacial score (nSPS) is 10.1. The van der Waals surface area contributed by atoms with Crippen LogP contribution in [-0.4, -0.2) is 30.0 Å². The quantitative estimate of drug-likeness (QED) is 0.869. The van der Waals surface area contributed by atoms with Crippen molar-refractivity contribution in [1.82, 2.24) is 9.97 Å². The molecule has 1 heterocycles. The number of amides is 1. The maximum absolute atomic E-state index is 12.1. The van der Waals surface area contributed by atoms with E-state index in [1.807, 2.05) is 24.3 Å². The van der Waals surface area contributed by atoms with E-state index in [9.17, 15) is 4.79 Å². The Morgan fingerprint density at radius 3 is 2.70 bits per heavy atom. The highest BCUT2D eigenvalue weighted by Crippen LogP contribution is 2.16. The summed E-state index contributed by atoms with van der Waals surface area (Å²) < 4.78 is 5.10. The first kappa shape index (κ1) is 14.0. The number of para-hydroxylation sites is 1. The zero-order valence-electron chi connectivity index (χ0n) is 11.4. The van der Waals surface area contributed by atoms with Crippen LogP contribution in [0.25, 0.3) is 0 Å². The molecule has 0 radical (unpaired) electrons. The van der Waals surface area contributed by atoms with Gasteiger partial charge in [-0.2, -0.15) is 0 Å². The van der Waals surface area contributed by atoms with E-state index in [4.69, 9.17) is 4.74 Å². The Kier molecular flexibility index (Phi) is 4.62. The molecule has 0 spiro atoms. The largest absolute Gasteiger partial charge is 0.380 e. The minimum Gasteiger partial charge on any atom is -0.380 e. The average Bonchev–Trinajstić information content (AvgIpc) is 2.49. The molecule has 6 nitrogen and oxygen atoms in total. The number of hydrogen-bond acceptors (Lipinski definition) is 5. The summed E-state index contributed by atoms with van der Waals surface area (Å²) in [6.07, 6.45) is 2.94. The molecule has 104 valence electrons. The van der Waals surface area contributed by atoms with E-state index in [-0.39, 0.29) is 11.6 Å². The Labute approximate surface area is 117 Å². The number of nitrogens with zero attached hydrogens (tertiary/aromatic N) is 2. The smallest absolute Gasteiger partial charge is 0.275 e. The predicted molar refractivity (Wildman–Crippen MR) is 76.7 cm³/mol. The summed E-state index contributed by atoms with van der Waals surface area (Å²) in [5.41, 5.74) is 1.87. The highest BCUT2D eigenvalue weighted by atomic mass is 16.5. The molecule has 1 aromatic carbocycles. The van der Waals surface area contributed by atoms with Crippen LogP contribution in [0.15, 0.2) is 36.7 Å². The number of carbonyl (C=O) groups excluding carboxylic acids is 1. The number of nitrogens with one attached hydrogen (secondary N) is 2. The number of hydrogen-bond donors (Lipinski definition) is 2. The summed E-state index contributed by atoms with van der Waals surface area (Å²) in [4.78, 5) is 20.2. The van der Waals surface area contributed by atoms with Crippen molar-refractivity contribution in [3.8, 4) is 0 Å². The molecular weight excluding hydrogens is 256 g/mol. The molecule has 2 N–H and O–H groups in total. The highest BCUT2D eigenvalue weighted by Gasteiger charge is 2.10. The zero-order chi connectivity index (χ0) is 14.4. The SMILES string of the molecule is CNc1cnc(C(=O)Nc2ccccc2COC)cn1. The van der Waals surface area contributed by atoms with E-state index in [1.54, 1.807) is 14.2 Å². The molecule has 2 rings (SSSR count). The van der Waals surface area contributed by atoms with Gasteiger partial charge in [0.15, 0.2) is 0 Å². The minimum atomic E-state index is -0.302. The summed E-state index contributed by atoms with van der Waals surface area (Å²) in [6, 6.07) is 7.46. The summed E-state index contributed by atoms with van der Waals surface area (Å²) in [6.45, 7) is 0.431. The fourth-order valence-electron chi connectivity index (χ4n) is 1.68. The first-order chi connectivity index (χ1) is 9.74. The Bertz CT molecular complexity index is 584. The zero-order valence-corrected chi connectivity index (χ0v) is 11.4. The van der Waals surface area contributed by atoms with Crippen LogP contribution in [0, 0.1) is 0 Å². The molecular formula is C14H16N4O2. The van der Waals surface area contributed by atoms with Gasteiger partial charge in [0.05, 0.1) is 19.0 Å². The monoisotopic (exact) mass is 272 g/mol. The Morgan fingerprint density at radius 2 is 2.05 bits per heavy atom. The van der Waals surface area contributed by atoms with Crippen LogP contribution in [0.3, 0.4) is 0 Å². The van der Waals surface area contributed by atoms with E-state index in [0.29, 0.717) is 18.1 Å². The van der Waals surface area contributed by atoms with Crippen LogP contribution in [0.4, 0.5) is 11.5 Å². The van der Waals surface area contributed by atoms with Gasteiger partial charge in [-0.25, -0.2) is 9.97 Å². The molecule has 0 saturated heterocycles. The van der Waals surface area contributed by atoms with E-state index >= 15 is 0 Å². The minimum absolute atomic E-state index is 0.260. The Balaban J connectivity index is 2.14. The van der Waals surface area contributed by atoms with E-state index in [0.717, 1.165) is 5.56 Å². The van der Waals surface area contributed by atoms with Gasteiger partial charge in [-0.3, -0.25) is 4.79 Å². The fourth-order valence-corrected chi connectivity index (χ4v) is 1.68. The number of carbonyl (C=O) groups is 1. The Morgan fingerprint density at radius 1 is 1.25 bits per heavy atom. The predicted octanol–water partition coefficient (Wildman–Crippen LogP) is 1.92. The third-order valence-electron chi connectivity index (χ3n) is 2.71. The first-order valence-electron chi connectivity index (χ1n) is 6.12. The number of methoxy groups -OCH3 is 1. The Hall–Kier alpha value is -2.47. The molecule has 2 aromatic rings. The van der Waals surface area contributed by atoms with Gasteiger partial charge in [0.2, 0.25) is 0 Å². The van der Waals surface area contributed by atoms with Crippen LogP contribution in [0.5, 0.6) is 0 Å². The molecule has 1 aromatic heterocycles. The van der Waals surface area contributed by atoms with Crippen molar-refractivity contribution >= 4 is 17.4 Å². The van der Waals surface area contributed by atoms with Gasteiger partial charge in [-0.1, -0.05) is 18.2 Å². The van der Waals surface area contributed by atoms with Crippen molar-refractivity contribution in [2.75, 3.05) is 24.8 Å². The lowest BCUT2D eigenvalue weighted by molar-refractivity contribution is 0.102. The van der Waals surface area contributed by atoms with Gasteiger partial charge in [0.25, 0.3) is 5.91 Å². The number of ether oxygens (including phenoxy) is 1. The van der Waals surface area contributed by atoms with Crippen molar-refractivity contribution in [3.63, 3.8) is 0 Å². The third kappa shape index (κ3) is 3.30. The molecule has 1 amide bonds. The third-order valence-corrected chi connectivity index (χ3v) is 2.71. The lowest BCUT2D eigenvalue weighted by atomic mass is 10.2. The van der Waals surface area contributed by atoms with Crippen molar-refractivity contribution in [2.24, 2.45) is 0 Å². The molecule has 0 atom stereocenters. The van der Waals surface area contributed by atoms with Gasteiger partial charge in [-0.15, -0.1) is 0 Å². The van der Waals surface area contributed by atoms with Crippen LogP contribution in [0.1, 0.15) is 16.1 Å². The summed E-state index contributed by atoms with van der Waals surface area (Å²) in [7, 11) is 3.35. The first-order valence-corrected chi connectivity index (χ1v) is 6.12. The molecule has 0 aliphatic heterocycles. The number of benzene rings is 1. The van der Waals surface area contributed by atoms with Crippen LogP contribution in [-0.2, 0) is 11.3 Å². The lowest BCUT2D eigenvalue weighted by Gasteiger charge is -2.10. The van der Waals surface area contributed by atoms with Crippen molar-refractivity contribution in [2.45, 2.75) is 6.61 Å². The molecule has 0 aliphatic rings. The molecule has 0 saturated carbocycles.